The number of hydrogen-bond donors (Lipinski definition) is 1. The number of benzene rings is 2. The summed E-state index contributed by atoms with van der Waals surface area (Å²) in [7, 11) is 0. The molecule has 1 atom stereocenters. The van der Waals surface area contributed by atoms with Crippen LogP contribution in [0, 0.1) is 5.92 Å². The maximum Gasteiger partial charge on any atom is 0.0561 e. The number of nitrogens with zero attached hydrogens (tertiary/aromatic N) is 1. The summed E-state index contributed by atoms with van der Waals surface area (Å²) in [6.45, 7) is 6.67. The van der Waals surface area contributed by atoms with Gasteiger partial charge in [-0.25, -0.2) is 0 Å². The van der Waals surface area contributed by atoms with Gasteiger partial charge in [0.05, 0.1) is 11.9 Å². The van der Waals surface area contributed by atoms with E-state index in [9.17, 15) is 0 Å². The number of anilines is 1. The molecule has 0 fully saturated rings. The lowest BCUT2D eigenvalue weighted by Gasteiger charge is -2.15. The number of hydrazone groups is 1. The van der Waals surface area contributed by atoms with Gasteiger partial charge in [-0.05, 0) is 42.7 Å². The molecule has 0 aromatic heterocycles. The van der Waals surface area contributed by atoms with E-state index in [2.05, 4.69) is 61.6 Å². The number of rotatable bonds is 4. The largest absolute Gasteiger partial charge is 0.279 e. The molecule has 0 spiro atoms. The molecular formula is C21H22N2. The molecule has 2 aromatic carbocycles. The molecule has 1 N–H and O–H groups in total. The van der Waals surface area contributed by atoms with E-state index in [0.717, 1.165) is 11.3 Å². The van der Waals surface area contributed by atoms with E-state index in [1.807, 2.05) is 36.5 Å². The monoisotopic (exact) mass is 302 g/mol. The second-order valence-corrected chi connectivity index (χ2v) is 6.03. The van der Waals surface area contributed by atoms with Crippen LogP contribution in [0.25, 0.3) is 5.57 Å². The van der Waals surface area contributed by atoms with Gasteiger partial charge in [0.2, 0.25) is 0 Å². The Kier molecular flexibility index (Phi) is 4.42. The molecule has 0 saturated carbocycles. The molecule has 1 aliphatic carbocycles. The van der Waals surface area contributed by atoms with Gasteiger partial charge < -0.3 is 0 Å². The summed E-state index contributed by atoms with van der Waals surface area (Å²) in [5.41, 5.74) is 10.7. The number of para-hydroxylation sites is 1. The van der Waals surface area contributed by atoms with Gasteiger partial charge in [-0.3, -0.25) is 5.43 Å². The lowest BCUT2D eigenvalue weighted by atomic mass is 9.89. The Morgan fingerprint density at radius 2 is 1.65 bits per heavy atom. The summed E-state index contributed by atoms with van der Waals surface area (Å²) >= 11 is 0. The fourth-order valence-corrected chi connectivity index (χ4v) is 3.10. The summed E-state index contributed by atoms with van der Waals surface area (Å²) in [4.78, 5) is 0. The van der Waals surface area contributed by atoms with Gasteiger partial charge in [-0.15, -0.1) is 0 Å². The quantitative estimate of drug-likeness (QED) is 0.585. The van der Waals surface area contributed by atoms with E-state index in [1.54, 1.807) is 0 Å². The van der Waals surface area contributed by atoms with Gasteiger partial charge in [0.1, 0.15) is 0 Å². The first-order chi connectivity index (χ1) is 11.2. The van der Waals surface area contributed by atoms with Crippen LogP contribution in [0.2, 0.25) is 0 Å². The summed E-state index contributed by atoms with van der Waals surface area (Å²) in [6.07, 6.45) is 4.19. The maximum atomic E-state index is 4.40. The average Bonchev–Trinajstić information content (AvgIpc) is 2.82. The van der Waals surface area contributed by atoms with Gasteiger partial charge in [0.15, 0.2) is 0 Å². The highest BCUT2D eigenvalue weighted by Gasteiger charge is 2.21. The van der Waals surface area contributed by atoms with Crippen molar-refractivity contribution < 1.29 is 0 Å². The van der Waals surface area contributed by atoms with Crippen molar-refractivity contribution in [1.29, 1.82) is 0 Å². The van der Waals surface area contributed by atoms with Gasteiger partial charge in [-0.2, -0.15) is 5.10 Å². The molecule has 3 rings (SSSR count). The predicted molar refractivity (Wildman–Crippen MR) is 99.6 cm³/mol. The Labute approximate surface area is 138 Å². The van der Waals surface area contributed by atoms with Crippen LogP contribution >= 0.6 is 0 Å². The predicted octanol–water partition coefficient (Wildman–Crippen LogP) is 5.50. The molecule has 0 aliphatic heterocycles. The Morgan fingerprint density at radius 3 is 2.35 bits per heavy atom. The second-order valence-electron chi connectivity index (χ2n) is 6.03. The highest BCUT2D eigenvalue weighted by Crippen LogP contribution is 2.38. The number of hydrogen-bond acceptors (Lipinski definition) is 2. The Hall–Kier alpha value is -2.61. The molecule has 23 heavy (non-hydrogen) atoms. The fourth-order valence-electron chi connectivity index (χ4n) is 3.10. The zero-order chi connectivity index (χ0) is 16.2. The van der Waals surface area contributed by atoms with Crippen molar-refractivity contribution in [2.75, 3.05) is 5.43 Å². The van der Waals surface area contributed by atoms with E-state index >= 15 is 0 Å². The molecule has 2 aromatic rings. The first-order valence-corrected chi connectivity index (χ1v) is 7.99. The minimum absolute atomic E-state index is 0.464. The normalized spacial score (nSPS) is 17.7. The Balaban J connectivity index is 1.86. The molecule has 0 heterocycles. The fraction of sp³-hybridized carbons (Fsp3) is 0.190. The maximum absolute atomic E-state index is 4.40. The van der Waals surface area contributed by atoms with E-state index in [4.69, 9.17) is 0 Å². The van der Waals surface area contributed by atoms with E-state index in [0.29, 0.717) is 5.92 Å². The SMILES string of the molecule is CC1=CC(C)=C(c2ccccc2/C=N/Nc2ccccc2)C1C. The number of allylic oxidation sites excluding steroid dienone is 4. The Morgan fingerprint density at radius 1 is 0.957 bits per heavy atom. The topological polar surface area (TPSA) is 24.4 Å². The van der Waals surface area contributed by atoms with Crippen LogP contribution in [-0.4, -0.2) is 6.21 Å². The standard InChI is InChI=1S/C21H22N2/c1-15-13-16(2)21(17(15)3)20-12-8-7-9-18(20)14-22-23-19-10-5-4-6-11-19/h4-14,17,23H,1-3H3/b22-14+. The van der Waals surface area contributed by atoms with Crippen molar-refractivity contribution in [3.8, 4) is 0 Å². The third kappa shape index (κ3) is 3.26. The van der Waals surface area contributed by atoms with Gasteiger partial charge in [-0.1, -0.05) is 61.0 Å². The van der Waals surface area contributed by atoms with Crippen LogP contribution in [0.1, 0.15) is 31.9 Å². The molecule has 0 radical (unpaired) electrons. The third-order valence-corrected chi connectivity index (χ3v) is 4.41. The first kappa shape index (κ1) is 15.3. The van der Waals surface area contributed by atoms with Crippen molar-refractivity contribution in [1.82, 2.24) is 0 Å². The van der Waals surface area contributed by atoms with Crippen LogP contribution < -0.4 is 5.43 Å². The van der Waals surface area contributed by atoms with Crippen LogP contribution in [0.3, 0.4) is 0 Å². The highest BCUT2D eigenvalue weighted by atomic mass is 15.3. The van der Waals surface area contributed by atoms with Gasteiger partial charge in [0.25, 0.3) is 0 Å². The molecule has 0 saturated heterocycles. The van der Waals surface area contributed by atoms with E-state index in [-0.39, 0.29) is 0 Å². The van der Waals surface area contributed by atoms with Crippen molar-refractivity contribution >= 4 is 17.5 Å². The van der Waals surface area contributed by atoms with Crippen LogP contribution in [0.4, 0.5) is 5.69 Å². The molecule has 1 aliphatic rings. The molecule has 1 unspecified atom stereocenters. The van der Waals surface area contributed by atoms with Crippen LogP contribution in [0.15, 0.2) is 76.9 Å². The molecular weight excluding hydrogens is 280 g/mol. The summed E-state index contributed by atoms with van der Waals surface area (Å²) < 4.78 is 0. The molecule has 0 amide bonds. The van der Waals surface area contributed by atoms with Crippen molar-refractivity contribution in [3.05, 3.63) is 82.9 Å². The lowest BCUT2D eigenvalue weighted by molar-refractivity contribution is 0.901. The van der Waals surface area contributed by atoms with Crippen LogP contribution in [0.5, 0.6) is 0 Å². The molecule has 0 bridgehead atoms. The summed E-state index contributed by atoms with van der Waals surface area (Å²) in [6, 6.07) is 18.4. The zero-order valence-electron chi connectivity index (χ0n) is 13.9. The minimum Gasteiger partial charge on any atom is -0.279 e. The van der Waals surface area contributed by atoms with E-state index in [1.165, 1.54) is 22.3 Å². The molecule has 116 valence electrons. The second kappa shape index (κ2) is 6.66. The van der Waals surface area contributed by atoms with Gasteiger partial charge in [0, 0.05) is 11.5 Å². The lowest BCUT2D eigenvalue weighted by Crippen LogP contribution is -2.01. The van der Waals surface area contributed by atoms with Crippen molar-refractivity contribution in [2.24, 2.45) is 11.0 Å². The summed E-state index contributed by atoms with van der Waals surface area (Å²) in [5.74, 6) is 0.464. The van der Waals surface area contributed by atoms with E-state index < -0.39 is 0 Å². The number of nitrogens with one attached hydrogen (secondary N) is 1. The highest BCUT2D eigenvalue weighted by molar-refractivity contribution is 5.91. The Bertz CT molecular complexity index is 782. The third-order valence-electron chi connectivity index (χ3n) is 4.41. The first-order valence-electron chi connectivity index (χ1n) is 7.99. The minimum atomic E-state index is 0.464. The van der Waals surface area contributed by atoms with Crippen molar-refractivity contribution in [3.63, 3.8) is 0 Å². The van der Waals surface area contributed by atoms with Crippen LogP contribution in [-0.2, 0) is 0 Å². The molecule has 2 nitrogen and oxygen atoms in total. The summed E-state index contributed by atoms with van der Waals surface area (Å²) in [5, 5.41) is 4.40. The van der Waals surface area contributed by atoms with Gasteiger partial charge >= 0.3 is 0 Å². The van der Waals surface area contributed by atoms with Crippen molar-refractivity contribution in [2.45, 2.75) is 20.8 Å². The smallest absolute Gasteiger partial charge is 0.0561 e. The average molecular weight is 302 g/mol. The molecule has 2 heteroatoms. The zero-order valence-corrected chi connectivity index (χ0v) is 13.9.